The lowest BCUT2D eigenvalue weighted by Gasteiger charge is -2.28. The summed E-state index contributed by atoms with van der Waals surface area (Å²) >= 11 is 0. The molecule has 3 rings (SSSR count). The summed E-state index contributed by atoms with van der Waals surface area (Å²) < 4.78 is 72.9. The Labute approximate surface area is 122 Å². The van der Waals surface area contributed by atoms with Crippen LogP contribution in [0.5, 0.6) is 0 Å². The van der Waals surface area contributed by atoms with E-state index in [0.29, 0.717) is 19.4 Å². The van der Waals surface area contributed by atoms with Gasteiger partial charge in [-0.3, -0.25) is 4.68 Å². The lowest BCUT2D eigenvalue weighted by Crippen LogP contribution is -2.29. The standard InChI is InChI=1S/C13H15F5N2O2/c1-6-4-7(2-3-22-6)20-8-5-12(14,15)11(21)9(8)10(19-20)13(16,17)18/h6-7,11,21H,2-5H2,1H3/t6-,7+,11-/m0/s1. The first kappa shape index (κ1) is 15.7. The molecule has 0 saturated carbocycles. The Hall–Kier alpha value is -1.22. The van der Waals surface area contributed by atoms with Crippen molar-refractivity contribution in [3.8, 4) is 0 Å². The molecule has 1 aromatic heterocycles. The molecule has 1 aliphatic heterocycles. The average molecular weight is 326 g/mol. The number of halogens is 5. The second-order valence-electron chi connectivity index (χ2n) is 5.85. The van der Waals surface area contributed by atoms with Gasteiger partial charge >= 0.3 is 6.18 Å². The predicted molar refractivity (Wildman–Crippen MR) is 64.5 cm³/mol. The van der Waals surface area contributed by atoms with Crippen LogP contribution in [0.4, 0.5) is 22.0 Å². The molecule has 4 nitrogen and oxygen atoms in total. The molecule has 2 aliphatic rings. The Morgan fingerprint density at radius 2 is 2.05 bits per heavy atom. The Balaban J connectivity index is 2.08. The van der Waals surface area contributed by atoms with Crippen molar-refractivity contribution in [1.29, 1.82) is 0 Å². The van der Waals surface area contributed by atoms with Gasteiger partial charge in [-0.05, 0) is 19.8 Å². The van der Waals surface area contributed by atoms with Gasteiger partial charge in [-0.25, -0.2) is 8.78 Å². The maximum Gasteiger partial charge on any atom is 0.435 e. The van der Waals surface area contributed by atoms with Crippen LogP contribution in [0.2, 0.25) is 0 Å². The first-order valence-electron chi connectivity index (χ1n) is 6.97. The fraction of sp³-hybridized carbons (Fsp3) is 0.769. The summed E-state index contributed by atoms with van der Waals surface area (Å²) in [5.41, 5.74) is -2.41. The molecular weight excluding hydrogens is 311 g/mol. The van der Waals surface area contributed by atoms with E-state index < -0.39 is 41.9 Å². The van der Waals surface area contributed by atoms with Crippen LogP contribution in [0.3, 0.4) is 0 Å². The molecule has 0 unspecified atom stereocenters. The van der Waals surface area contributed by atoms with Crippen LogP contribution >= 0.6 is 0 Å². The Morgan fingerprint density at radius 3 is 2.64 bits per heavy atom. The van der Waals surface area contributed by atoms with Crippen LogP contribution in [-0.2, 0) is 17.3 Å². The van der Waals surface area contributed by atoms with Gasteiger partial charge in [0.05, 0.1) is 24.3 Å². The van der Waals surface area contributed by atoms with E-state index in [1.807, 2.05) is 0 Å². The Bertz CT molecular complexity index is 584. The summed E-state index contributed by atoms with van der Waals surface area (Å²) in [6, 6.07) is -0.435. The van der Waals surface area contributed by atoms with Gasteiger partial charge in [-0.2, -0.15) is 18.3 Å². The van der Waals surface area contributed by atoms with E-state index in [2.05, 4.69) is 5.10 Å². The number of alkyl halides is 5. The van der Waals surface area contributed by atoms with E-state index >= 15 is 0 Å². The largest absolute Gasteiger partial charge is 0.435 e. The Morgan fingerprint density at radius 1 is 1.36 bits per heavy atom. The smallest absolute Gasteiger partial charge is 0.382 e. The first-order chi connectivity index (χ1) is 10.1. The van der Waals surface area contributed by atoms with Crippen molar-refractivity contribution in [3.05, 3.63) is 17.0 Å². The maximum absolute atomic E-state index is 13.7. The molecule has 1 saturated heterocycles. The number of aliphatic hydroxyl groups is 1. The molecule has 1 fully saturated rings. The number of aromatic nitrogens is 2. The van der Waals surface area contributed by atoms with Crippen LogP contribution in [0.1, 0.15) is 48.9 Å². The van der Waals surface area contributed by atoms with Crippen molar-refractivity contribution in [3.63, 3.8) is 0 Å². The molecule has 1 aromatic rings. The van der Waals surface area contributed by atoms with Gasteiger partial charge < -0.3 is 9.84 Å². The highest BCUT2D eigenvalue weighted by Gasteiger charge is 2.55. The van der Waals surface area contributed by atoms with Crippen molar-refractivity contribution in [2.24, 2.45) is 0 Å². The number of rotatable bonds is 1. The van der Waals surface area contributed by atoms with Crippen molar-refractivity contribution in [2.75, 3.05) is 6.61 Å². The molecular formula is C13H15F5N2O2. The van der Waals surface area contributed by atoms with Crippen LogP contribution in [0.25, 0.3) is 0 Å². The number of nitrogens with zero attached hydrogens (tertiary/aromatic N) is 2. The second-order valence-corrected chi connectivity index (χ2v) is 5.85. The lowest BCUT2D eigenvalue weighted by molar-refractivity contribution is -0.146. The molecule has 1 N–H and O–H groups in total. The van der Waals surface area contributed by atoms with Crippen LogP contribution in [-0.4, -0.2) is 33.5 Å². The molecule has 9 heteroatoms. The topological polar surface area (TPSA) is 47.3 Å². The minimum atomic E-state index is -4.88. The minimum absolute atomic E-state index is 0.181. The molecule has 0 amide bonds. The van der Waals surface area contributed by atoms with Crippen molar-refractivity contribution in [1.82, 2.24) is 9.78 Å². The van der Waals surface area contributed by atoms with E-state index in [1.54, 1.807) is 6.92 Å². The molecule has 22 heavy (non-hydrogen) atoms. The summed E-state index contributed by atoms with van der Waals surface area (Å²) in [5.74, 6) is -3.61. The minimum Gasteiger partial charge on any atom is -0.382 e. The number of aliphatic hydroxyl groups excluding tert-OH is 1. The van der Waals surface area contributed by atoms with E-state index in [-0.39, 0.29) is 11.8 Å². The predicted octanol–water partition coefficient (Wildman–Crippen LogP) is 2.87. The highest BCUT2D eigenvalue weighted by Crippen LogP contribution is 2.49. The van der Waals surface area contributed by atoms with Gasteiger partial charge in [0.2, 0.25) is 0 Å². The number of fused-ring (bicyclic) bond motifs is 1. The lowest BCUT2D eigenvalue weighted by atomic mass is 10.0. The zero-order valence-corrected chi connectivity index (χ0v) is 11.7. The normalized spacial score (nSPS) is 31.3. The third kappa shape index (κ3) is 2.40. The summed E-state index contributed by atoms with van der Waals surface area (Å²) in [5, 5.41) is 13.1. The Kier molecular flexibility index (Phi) is 3.48. The third-order valence-corrected chi connectivity index (χ3v) is 4.20. The van der Waals surface area contributed by atoms with E-state index in [9.17, 15) is 27.1 Å². The van der Waals surface area contributed by atoms with Gasteiger partial charge in [0.25, 0.3) is 5.92 Å². The first-order valence-corrected chi connectivity index (χ1v) is 6.97. The van der Waals surface area contributed by atoms with Gasteiger partial charge in [-0.1, -0.05) is 0 Å². The highest BCUT2D eigenvalue weighted by atomic mass is 19.4. The molecule has 124 valence electrons. The number of ether oxygens (including phenoxy) is 1. The molecule has 3 atom stereocenters. The molecule has 0 aromatic carbocycles. The summed E-state index contributed by atoms with van der Waals surface area (Å²) in [6.45, 7) is 2.10. The summed E-state index contributed by atoms with van der Waals surface area (Å²) in [6.07, 6.45) is -7.67. The van der Waals surface area contributed by atoms with Crippen LogP contribution < -0.4 is 0 Å². The van der Waals surface area contributed by atoms with Crippen molar-refractivity contribution in [2.45, 2.75) is 56.5 Å². The zero-order chi connectivity index (χ0) is 16.3. The van der Waals surface area contributed by atoms with Crippen LogP contribution in [0.15, 0.2) is 0 Å². The van der Waals surface area contributed by atoms with Gasteiger partial charge in [0.15, 0.2) is 5.69 Å². The van der Waals surface area contributed by atoms with E-state index in [0.717, 1.165) is 4.68 Å². The van der Waals surface area contributed by atoms with Gasteiger partial charge in [0, 0.05) is 12.2 Å². The number of hydrogen-bond acceptors (Lipinski definition) is 3. The molecule has 0 bridgehead atoms. The quantitative estimate of drug-likeness (QED) is 0.807. The van der Waals surface area contributed by atoms with Crippen molar-refractivity contribution < 1.29 is 31.8 Å². The highest BCUT2D eigenvalue weighted by molar-refractivity contribution is 5.38. The fourth-order valence-electron chi connectivity index (χ4n) is 3.18. The van der Waals surface area contributed by atoms with E-state index in [1.165, 1.54) is 0 Å². The van der Waals surface area contributed by atoms with Gasteiger partial charge in [0.1, 0.15) is 6.10 Å². The van der Waals surface area contributed by atoms with E-state index in [4.69, 9.17) is 4.74 Å². The maximum atomic E-state index is 13.7. The SMILES string of the molecule is C[C@H]1C[C@H](n2nc(C(F)(F)F)c3c2CC(F)(F)[C@H]3O)CCO1. The third-order valence-electron chi connectivity index (χ3n) is 4.20. The zero-order valence-electron chi connectivity index (χ0n) is 11.7. The molecule has 1 aliphatic carbocycles. The fourth-order valence-corrected chi connectivity index (χ4v) is 3.18. The molecule has 0 spiro atoms. The summed E-state index contributed by atoms with van der Waals surface area (Å²) in [7, 11) is 0. The van der Waals surface area contributed by atoms with Crippen molar-refractivity contribution >= 4 is 0 Å². The van der Waals surface area contributed by atoms with Crippen LogP contribution in [0, 0.1) is 0 Å². The number of hydrogen-bond donors (Lipinski definition) is 1. The second kappa shape index (κ2) is 4.89. The molecule has 0 radical (unpaired) electrons. The average Bonchev–Trinajstić information content (AvgIpc) is 2.85. The molecule has 2 heterocycles. The monoisotopic (exact) mass is 326 g/mol. The summed E-state index contributed by atoms with van der Waals surface area (Å²) in [4.78, 5) is 0. The van der Waals surface area contributed by atoms with Gasteiger partial charge in [-0.15, -0.1) is 0 Å².